The van der Waals surface area contributed by atoms with E-state index in [0.29, 0.717) is 6.61 Å². The zero-order valence-electron chi connectivity index (χ0n) is 11.3. The molecule has 1 aliphatic rings. The first kappa shape index (κ1) is 14.5. The Bertz CT molecular complexity index is 411. The lowest BCUT2D eigenvalue weighted by atomic mass is 10.1. The van der Waals surface area contributed by atoms with E-state index in [4.69, 9.17) is 10.3 Å². The van der Waals surface area contributed by atoms with Crippen LogP contribution in [-0.2, 0) is 14.3 Å². The number of ether oxygens (including phenoxy) is 1. The van der Waals surface area contributed by atoms with Crippen LogP contribution < -0.4 is 0 Å². The number of hydrogen-bond donors (Lipinski definition) is 0. The summed E-state index contributed by atoms with van der Waals surface area (Å²) in [4.78, 5) is 27.8. The van der Waals surface area contributed by atoms with Crippen LogP contribution in [0.15, 0.2) is 0 Å². The summed E-state index contributed by atoms with van der Waals surface area (Å²) < 4.78 is 5.57. The van der Waals surface area contributed by atoms with E-state index in [2.05, 4.69) is 4.79 Å². The van der Waals surface area contributed by atoms with Gasteiger partial charge in [-0.1, -0.05) is 13.3 Å². The SMILES string of the molecule is CCC[C@H]1COC(C)(C)N1C(=O)C(=[N+]=[N-])C(C)=O. The van der Waals surface area contributed by atoms with E-state index in [1.54, 1.807) is 13.8 Å². The van der Waals surface area contributed by atoms with Gasteiger partial charge in [0.2, 0.25) is 5.78 Å². The number of rotatable bonds is 4. The predicted molar refractivity (Wildman–Crippen MR) is 64.9 cm³/mol. The Morgan fingerprint density at radius 3 is 2.56 bits per heavy atom. The van der Waals surface area contributed by atoms with E-state index in [0.717, 1.165) is 12.8 Å². The van der Waals surface area contributed by atoms with Crippen LogP contribution in [0.1, 0.15) is 40.5 Å². The highest BCUT2D eigenvalue weighted by Gasteiger charge is 2.47. The van der Waals surface area contributed by atoms with Crippen LogP contribution in [0.4, 0.5) is 0 Å². The molecule has 6 heteroatoms. The van der Waals surface area contributed by atoms with Crippen LogP contribution >= 0.6 is 0 Å². The number of nitrogens with zero attached hydrogens (tertiary/aromatic N) is 3. The van der Waals surface area contributed by atoms with Crippen LogP contribution in [0.3, 0.4) is 0 Å². The maximum atomic E-state index is 12.3. The van der Waals surface area contributed by atoms with Gasteiger partial charge in [-0.3, -0.25) is 14.5 Å². The third kappa shape index (κ3) is 2.66. The minimum Gasteiger partial charge on any atom is -0.360 e. The van der Waals surface area contributed by atoms with Crippen LogP contribution in [0.25, 0.3) is 5.53 Å². The van der Waals surface area contributed by atoms with E-state index in [-0.39, 0.29) is 6.04 Å². The quantitative estimate of drug-likeness (QED) is 0.324. The van der Waals surface area contributed by atoms with Crippen LogP contribution in [-0.4, -0.2) is 45.5 Å². The molecule has 1 atom stereocenters. The molecular formula is C12H19N3O3. The fourth-order valence-corrected chi connectivity index (χ4v) is 2.22. The second kappa shape index (κ2) is 5.42. The summed E-state index contributed by atoms with van der Waals surface area (Å²) in [5.41, 5.74) is 7.55. The molecule has 0 saturated carbocycles. The van der Waals surface area contributed by atoms with E-state index < -0.39 is 23.1 Å². The summed E-state index contributed by atoms with van der Waals surface area (Å²) in [5.74, 6) is -1.13. The van der Waals surface area contributed by atoms with Gasteiger partial charge in [-0.2, -0.15) is 4.79 Å². The first-order chi connectivity index (χ1) is 8.35. The average Bonchev–Trinajstić information content (AvgIpc) is 2.54. The van der Waals surface area contributed by atoms with Crippen LogP contribution in [0, 0.1) is 0 Å². The summed E-state index contributed by atoms with van der Waals surface area (Å²) in [6, 6.07) is -0.0893. The molecule has 0 aliphatic carbocycles. The zero-order chi connectivity index (χ0) is 13.9. The van der Waals surface area contributed by atoms with Crippen molar-refractivity contribution < 1.29 is 19.1 Å². The van der Waals surface area contributed by atoms with Gasteiger partial charge < -0.3 is 10.3 Å². The van der Waals surface area contributed by atoms with Gasteiger partial charge in [-0.05, 0) is 20.3 Å². The number of amides is 1. The average molecular weight is 253 g/mol. The number of ketones is 1. The molecule has 0 unspecified atom stereocenters. The van der Waals surface area contributed by atoms with Gasteiger partial charge in [0.15, 0.2) is 0 Å². The first-order valence-electron chi connectivity index (χ1n) is 6.05. The molecule has 0 N–H and O–H groups in total. The third-order valence-corrected chi connectivity index (χ3v) is 3.05. The summed E-state index contributed by atoms with van der Waals surface area (Å²) in [6.45, 7) is 7.17. The van der Waals surface area contributed by atoms with Gasteiger partial charge in [-0.15, -0.1) is 0 Å². The van der Waals surface area contributed by atoms with E-state index in [1.807, 2.05) is 6.92 Å². The largest absolute Gasteiger partial charge is 0.421 e. The lowest BCUT2D eigenvalue weighted by Gasteiger charge is -2.32. The van der Waals surface area contributed by atoms with Gasteiger partial charge in [0.05, 0.1) is 12.6 Å². The maximum Gasteiger partial charge on any atom is 0.421 e. The minimum absolute atomic E-state index is 0.0893. The molecule has 1 amide bonds. The molecule has 0 aromatic rings. The topological polar surface area (TPSA) is 83.0 Å². The highest BCUT2D eigenvalue weighted by Crippen LogP contribution is 2.29. The van der Waals surface area contributed by atoms with E-state index in [9.17, 15) is 9.59 Å². The molecule has 18 heavy (non-hydrogen) atoms. The number of carbonyl (C=O) groups is 2. The van der Waals surface area contributed by atoms with Crippen molar-refractivity contribution in [3.8, 4) is 0 Å². The monoisotopic (exact) mass is 253 g/mol. The van der Waals surface area contributed by atoms with Gasteiger partial charge in [-0.25, -0.2) is 0 Å². The van der Waals surface area contributed by atoms with Crippen molar-refractivity contribution in [1.82, 2.24) is 4.90 Å². The number of carbonyl (C=O) groups excluding carboxylic acids is 2. The molecule has 1 saturated heterocycles. The van der Waals surface area contributed by atoms with Crippen molar-refractivity contribution in [2.75, 3.05) is 6.61 Å². The van der Waals surface area contributed by atoms with Crippen molar-refractivity contribution in [3.05, 3.63) is 5.53 Å². The molecule has 1 heterocycles. The van der Waals surface area contributed by atoms with Crippen LogP contribution in [0.5, 0.6) is 0 Å². The molecule has 0 aromatic heterocycles. The molecule has 100 valence electrons. The molecule has 0 spiro atoms. The highest BCUT2D eigenvalue weighted by atomic mass is 16.5. The highest BCUT2D eigenvalue weighted by molar-refractivity contribution is 6.63. The Morgan fingerprint density at radius 1 is 1.50 bits per heavy atom. The second-order valence-electron chi connectivity index (χ2n) is 4.88. The van der Waals surface area contributed by atoms with Crippen LogP contribution in [0.2, 0.25) is 0 Å². The molecule has 0 aromatic carbocycles. The molecule has 1 fully saturated rings. The fraction of sp³-hybridized carbons (Fsp3) is 0.750. The smallest absolute Gasteiger partial charge is 0.360 e. The Balaban J connectivity index is 3.06. The summed E-state index contributed by atoms with van der Waals surface area (Å²) in [5, 5.41) is 0. The molecule has 6 nitrogen and oxygen atoms in total. The lowest BCUT2D eigenvalue weighted by Crippen LogP contribution is -2.52. The van der Waals surface area contributed by atoms with Crippen molar-refractivity contribution in [1.29, 1.82) is 0 Å². The minimum atomic E-state index is -0.789. The molecule has 0 bridgehead atoms. The Hall–Kier alpha value is -1.52. The maximum absolute atomic E-state index is 12.3. The Labute approximate surface area is 107 Å². The second-order valence-corrected chi connectivity index (χ2v) is 4.88. The predicted octanol–water partition coefficient (Wildman–Crippen LogP) is 1.01. The molecule has 1 rings (SSSR count). The molecular weight excluding hydrogens is 234 g/mol. The lowest BCUT2D eigenvalue weighted by molar-refractivity contribution is -0.144. The van der Waals surface area contributed by atoms with Gasteiger partial charge in [0.1, 0.15) is 5.72 Å². The van der Waals surface area contributed by atoms with E-state index >= 15 is 0 Å². The summed E-state index contributed by atoms with van der Waals surface area (Å²) in [6.07, 6.45) is 1.69. The number of hydrogen-bond acceptors (Lipinski definition) is 3. The van der Waals surface area contributed by atoms with Crippen molar-refractivity contribution in [2.45, 2.75) is 52.3 Å². The summed E-state index contributed by atoms with van der Waals surface area (Å²) >= 11 is 0. The van der Waals surface area contributed by atoms with Crippen molar-refractivity contribution >= 4 is 17.4 Å². The molecule has 1 aliphatic heterocycles. The fourth-order valence-electron chi connectivity index (χ4n) is 2.22. The Kier molecular flexibility index (Phi) is 4.38. The summed E-state index contributed by atoms with van der Waals surface area (Å²) in [7, 11) is 0. The molecule has 0 radical (unpaired) electrons. The van der Waals surface area contributed by atoms with Gasteiger partial charge >= 0.3 is 11.6 Å². The number of Topliss-reactive ketones (excluding diaryl/α,β-unsaturated/α-hetero) is 1. The third-order valence-electron chi connectivity index (χ3n) is 3.05. The first-order valence-corrected chi connectivity index (χ1v) is 6.05. The standard InChI is InChI=1S/C12H19N3O3/c1-5-6-9-7-18-12(3,4)15(9)11(17)10(14-13)8(2)16/h9H,5-7H2,1-4H3/t9-/m0/s1. The van der Waals surface area contributed by atoms with Crippen molar-refractivity contribution in [3.63, 3.8) is 0 Å². The van der Waals surface area contributed by atoms with Crippen molar-refractivity contribution in [2.24, 2.45) is 0 Å². The van der Waals surface area contributed by atoms with Gasteiger partial charge in [0.25, 0.3) is 0 Å². The zero-order valence-corrected chi connectivity index (χ0v) is 11.3. The van der Waals surface area contributed by atoms with E-state index in [1.165, 1.54) is 11.8 Å². The Morgan fingerprint density at radius 2 is 2.11 bits per heavy atom. The van der Waals surface area contributed by atoms with Gasteiger partial charge in [0, 0.05) is 6.92 Å². The normalized spacial score (nSPS) is 21.6.